The van der Waals surface area contributed by atoms with Crippen molar-refractivity contribution in [1.82, 2.24) is 0 Å². The third kappa shape index (κ3) is 4.90. The lowest BCUT2D eigenvalue weighted by Crippen LogP contribution is -2.13. The zero-order valence-corrected chi connectivity index (χ0v) is 19.2. The van der Waals surface area contributed by atoms with Crippen LogP contribution in [-0.4, -0.2) is 10.2 Å². The van der Waals surface area contributed by atoms with Crippen LogP contribution < -0.4 is 0 Å². The Bertz CT molecular complexity index is 848. The first-order valence-corrected chi connectivity index (χ1v) is 10.4. The molecule has 0 aromatic heterocycles. The fourth-order valence-corrected chi connectivity index (χ4v) is 3.98. The van der Waals surface area contributed by atoms with E-state index in [2.05, 4.69) is 74.4 Å². The van der Waals surface area contributed by atoms with E-state index < -0.39 is 0 Å². The molecular formula is C26H38O2. The van der Waals surface area contributed by atoms with E-state index in [4.69, 9.17) is 0 Å². The van der Waals surface area contributed by atoms with Gasteiger partial charge in [-0.3, -0.25) is 0 Å². The molecule has 0 saturated carbocycles. The minimum Gasteiger partial charge on any atom is -0.508 e. The van der Waals surface area contributed by atoms with Gasteiger partial charge in [-0.1, -0.05) is 60.6 Å². The second kappa shape index (κ2) is 7.81. The Morgan fingerprint density at radius 3 is 1.71 bits per heavy atom. The quantitative estimate of drug-likeness (QED) is 0.595. The Kier molecular flexibility index (Phi) is 6.23. The van der Waals surface area contributed by atoms with Crippen LogP contribution in [0.1, 0.15) is 94.2 Å². The van der Waals surface area contributed by atoms with Crippen molar-refractivity contribution in [3.8, 4) is 11.5 Å². The summed E-state index contributed by atoms with van der Waals surface area (Å²) in [5.41, 5.74) is 6.78. The van der Waals surface area contributed by atoms with E-state index >= 15 is 0 Å². The van der Waals surface area contributed by atoms with Crippen LogP contribution in [0.3, 0.4) is 0 Å². The normalized spacial score (nSPS) is 13.6. The van der Waals surface area contributed by atoms with Crippen molar-refractivity contribution in [2.45, 2.75) is 91.9 Å². The maximum atomic E-state index is 10.4. The predicted octanol–water partition coefficient (Wildman–Crippen LogP) is 7.05. The molecule has 0 spiro atoms. The molecule has 0 amide bonds. The van der Waals surface area contributed by atoms with Gasteiger partial charge in [0.1, 0.15) is 11.5 Å². The van der Waals surface area contributed by atoms with Crippen LogP contribution in [0.2, 0.25) is 0 Å². The molecule has 2 aromatic rings. The van der Waals surface area contributed by atoms with Crippen molar-refractivity contribution in [2.75, 3.05) is 0 Å². The number of rotatable bonds is 4. The van der Waals surface area contributed by atoms with Crippen LogP contribution in [-0.2, 0) is 17.3 Å². The van der Waals surface area contributed by atoms with Crippen LogP contribution in [0, 0.1) is 13.8 Å². The summed E-state index contributed by atoms with van der Waals surface area (Å²) < 4.78 is 0. The molecule has 0 radical (unpaired) electrons. The maximum Gasteiger partial charge on any atom is 0.119 e. The molecule has 1 atom stereocenters. The summed E-state index contributed by atoms with van der Waals surface area (Å²) >= 11 is 0. The van der Waals surface area contributed by atoms with Crippen LogP contribution in [0.5, 0.6) is 11.5 Å². The summed E-state index contributed by atoms with van der Waals surface area (Å²) in [5, 5.41) is 20.7. The summed E-state index contributed by atoms with van der Waals surface area (Å²) in [4.78, 5) is 0. The first kappa shape index (κ1) is 22.3. The summed E-state index contributed by atoms with van der Waals surface area (Å²) in [6.07, 6.45) is 2.01. The molecule has 2 heteroatoms. The van der Waals surface area contributed by atoms with Crippen LogP contribution in [0.15, 0.2) is 24.3 Å². The number of aromatic hydroxyl groups is 2. The van der Waals surface area contributed by atoms with Gasteiger partial charge in [0.15, 0.2) is 0 Å². The molecular weight excluding hydrogens is 344 g/mol. The van der Waals surface area contributed by atoms with Crippen molar-refractivity contribution in [2.24, 2.45) is 0 Å². The number of hydrogen-bond donors (Lipinski definition) is 2. The number of aryl methyl sites for hydroxylation is 3. The lowest BCUT2D eigenvalue weighted by atomic mass is 9.81. The molecule has 0 fully saturated rings. The molecule has 0 aliphatic heterocycles. The predicted molar refractivity (Wildman–Crippen MR) is 120 cm³/mol. The minimum absolute atomic E-state index is 0.0761. The number of phenols is 2. The molecule has 28 heavy (non-hydrogen) atoms. The zero-order chi connectivity index (χ0) is 21.4. The van der Waals surface area contributed by atoms with Gasteiger partial charge in [-0.05, 0) is 89.0 Å². The van der Waals surface area contributed by atoms with Gasteiger partial charge in [0.05, 0.1) is 0 Å². The highest BCUT2D eigenvalue weighted by Crippen LogP contribution is 2.37. The summed E-state index contributed by atoms with van der Waals surface area (Å²) in [6, 6.07) is 8.20. The first-order valence-electron chi connectivity index (χ1n) is 10.4. The molecule has 154 valence electrons. The van der Waals surface area contributed by atoms with Gasteiger partial charge < -0.3 is 10.2 Å². The minimum atomic E-state index is -0.0819. The zero-order valence-electron chi connectivity index (χ0n) is 19.2. The summed E-state index contributed by atoms with van der Waals surface area (Å²) in [5.74, 6) is 1.18. The Labute approximate surface area is 171 Å². The van der Waals surface area contributed by atoms with Crippen LogP contribution in [0.4, 0.5) is 0 Å². The Morgan fingerprint density at radius 1 is 0.750 bits per heavy atom. The largest absolute Gasteiger partial charge is 0.508 e. The molecule has 0 aliphatic rings. The van der Waals surface area contributed by atoms with Gasteiger partial charge >= 0.3 is 0 Å². The van der Waals surface area contributed by atoms with Crippen molar-refractivity contribution in [3.05, 3.63) is 57.6 Å². The highest BCUT2D eigenvalue weighted by atomic mass is 16.3. The number of phenolic OH excluding ortho intramolecular Hbond substituents is 2. The lowest BCUT2D eigenvalue weighted by molar-refractivity contribution is 0.445. The van der Waals surface area contributed by atoms with Crippen molar-refractivity contribution >= 4 is 0 Å². The fourth-order valence-electron chi connectivity index (χ4n) is 3.98. The van der Waals surface area contributed by atoms with E-state index in [9.17, 15) is 10.2 Å². The van der Waals surface area contributed by atoms with E-state index in [-0.39, 0.29) is 10.8 Å². The molecule has 0 aliphatic carbocycles. The van der Waals surface area contributed by atoms with Gasteiger partial charge in [-0.2, -0.15) is 0 Å². The van der Waals surface area contributed by atoms with E-state index in [1.165, 1.54) is 11.1 Å². The van der Waals surface area contributed by atoms with Crippen molar-refractivity contribution in [1.29, 1.82) is 0 Å². The van der Waals surface area contributed by atoms with Gasteiger partial charge in [0.2, 0.25) is 0 Å². The highest BCUT2D eigenvalue weighted by Gasteiger charge is 2.22. The molecule has 0 saturated heterocycles. The maximum absolute atomic E-state index is 10.4. The third-order valence-corrected chi connectivity index (χ3v) is 5.83. The van der Waals surface area contributed by atoms with E-state index in [1.54, 1.807) is 0 Å². The Morgan fingerprint density at radius 2 is 1.21 bits per heavy atom. The average Bonchev–Trinajstić information content (AvgIpc) is 2.51. The molecule has 2 N–H and O–H groups in total. The van der Waals surface area contributed by atoms with Gasteiger partial charge in [0, 0.05) is 0 Å². The van der Waals surface area contributed by atoms with Crippen molar-refractivity contribution in [3.63, 3.8) is 0 Å². The van der Waals surface area contributed by atoms with Crippen molar-refractivity contribution < 1.29 is 10.2 Å². The molecule has 2 aromatic carbocycles. The third-order valence-electron chi connectivity index (χ3n) is 5.83. The summed E-state index contributed by atoms with van der Waals surface area (Å²) in [6.45, 7) is 19.3. The molecule has 2 nitrogen and oxygen atoms in total. The smallest absolute Gasteiger partial charge is 0.119 e. The number of hydrogen-bond acceptors (Lipinski definition) is 2. The Hall–Kier alpha value is -1.96. The molecule has 0 heterocycles. The summed E-state index contributed by atoms with van der Waals surface area (Å²) in [7, 11) is 0. The van der Waals surface area contributed by atoms with E-state index in [0.717, 1.165) is 35.1 Å². The van der Waals surface area contributed by atoms with Gasteiger partial charge in [-0.15, -0.1) is 0 Å². The van der Waals surface area contributed by atoms with Gasteiger partial charge in [0.25, 0.3) is 0 Å². The second-order valence-corrected chi connectivity index (χ2v) is 10.5. The van der Waals surface area contributed by atoms with E-state index in [0.29, 0.717) is 17.4 Å². The standard InChI is InChI=1S/C26H38O2/c1-16(20-15-22(26(7,8)9)24(28)13-18(20)3)10-11-19-14-21(25(4,5)6)23(27)12-17(19)2/h12-16,27-28H,10-11H2,1-9H3. The van der Waals surface area contributed by atoms with E-state index in [1.807, 2.05) is 12.1 Å². The topological polar surface area (TPSA) is 40.5 Å². The Balaban J connectivity index is 2.29. The average molecular weight is 383 g/mol. The first-order chi connectivity index (χ1) is 12.7. The lowest BCUT2D eigenvalue weighted by Gasteiger charge is -2.25. The van der Waals surface area contributed by atoms with Crippen LogP contribution >= 0.6 is 0 Å². The second-order valence-electron chi connectivity index (χ2n) is 10.5. The molecule has 2 rings (SSSR count). The van der Waals surface area contributed by atoms with Crippen LogP contribution in [0.25, 0.3) is 0 Å². The monoisotopic (exact) mass is 382 g/mol. The fraction of sp³-hybridized carbons (Fsp3) is 0.538. The number of benzene rings is 2. The molecule has 0 bridgehead atoms. The SMILES string of the molecule is Cc1cc(O)c(C(C)(C)C)cc1CCC(C)c1cc(C(C)(C)C)c(O)cc1C. The highest BCUT2D eigenvalue weighted by molar-refractivity contribution is 5.47. The molecule has 1 unspecified atom stereocenters. The van der Waals surface area contributed by atoms with Gasteiger partial charge in [-0.25, -0.2) is 0 Å².